The molecule has 0 aliphatic carbocycles. The number of urea groups is 1. The van der Waals surface area contributed by atoms with Gasteiger partial charge in [0.25, 0.3) is 15.9 Å². The van der Waals surface area contributed by atoms with Gasteiger partial charge in [0.05, 0.1) is 49.8 Å². The summed E-state index contributed by atoms with van der Waals surface area (Å²) in [6.45, 7) is 9.59. The lowest BCUT2D eigenvalue weighted by Gasteiger charge is -2.60. The number of aromatic nitrogens is 1. The van der Waals surface area contributed by atoms with E-state index in [9.17, 15) is 23.3 Å². The summed E-state index contributed by atoms with van der Waals surface area (Å²) in [5.74, 6) is -2.19. The summed E-state index contributed by atoms with van der Waals surface area (Å²) < 4.78 is 60.7. The SMILES string of the molecule is CCOc1ncccc1[C@@]1(NC(=O)N2CC3(CN(CCN4CCOCC4)C3)C2)C(=O)N(S(=O)(=O)c2ccc(OC)cc2F)c2ccc(C#N)cc21. The van der Waals surface area contributed by atoms with E-state index in [2.05, 4.69) is 20.1 Å². The van der Waals surface area contributed by atoms with Crippen LogP contribution in [0.15, 0.2) is 59.6 Å². The molecule has 1 aromatic heterocycles. The van der Waals surface area contributed by atoms with Crippen molar-refractivity contribution < 1.29 is 36.6 Å². The maximum atomic E-state index is 15.4. The first-order chi connectivity index (χ1) is 24.5. The molecule has 4 aliphatic rings. The zero-order valence-corrected chi connectivity index (χ0v) is 29.1. The van der Waals surface area contributed by atoms with E-state index in [1.807, 2.05) is 6.07 Å². The molecule has 2 aromatic carbocycles. The molecule has 51 heavy (non-hydrogen) atoms. The molecule has 4 aliphatic heterocycles. The zero-order valence-electron chi connectivity index (χ0n) is 28.3. The second kappa shape index (κ2) is 13.4. The van der Waals surface area contributed by atoms with Gasteiger partial charge in [0.15, 0.2) is 5.54 Å². The fourth-order valence-corrected chi connectivity index (χ4v) is 9.02. The van der Waals surface area contributed by atoms with Crippen LogP contribution < -0.4 is 19.1 Å². The molecule has 14 nitrogen and oxygen atoms in total. The molecule has 3 fully saturated rings. The van der Waals surface area contributed by atoms with Crippen molar-refractivity contribution in [3.63, 3.8) is 0 Å². The maximum absolute atomic E-state index is 15.4. The highest BCUT2D eigenvalue weighted by molar-refractivity contribution is 7.93. The minimum atomic E-state index is -4.93. The summed E-state index contributed by atoms with van der Waals surface area (Å²) in [4.78, 5) is 39.0. The van der Waals surface area contributed by atoms with Gasteiger partial charge in [-0.05, 0) is 49.4 Å². The molecule has 1 N–H and O–H groups in total. The average Bonchev–Trinajstić information content (AvgIpc) is 3.34. The standard InChI is InChI=1S/C35H38FN7O7S/c1-3-50-31-26(5-4-10-38-31)35(39-33(45)42-22-34(23-42)20-41(21-34)12-11-40-13-15-49-16-14-40)27-17-24(19-37)6-8-29(27)43(32(35)44)51(46,47)30-9-7-25(48-2)18-28(30)36/h4-10,17-18H,3,11-16,20-23H2,1-2H3,(H,39,45)/t35-/m0/s1. The Hall–Kier alpha value is -4.82. The number of likely N-dealkylation sites (tertiary alicyclic amines) is 2. The van der Waals surface area contributed by atoms with Gasteiger partial charge in [-0.2, -0.15) is 9.57 Å². The minimum Gasteiger partial charge on any atom is -0.497 e. The number of carbonyl (C=O) groups is 2. The number of sulfonamides is 1. The van der Waals surface area contributed by atoms with Gasteiger partial charge in [-0.3, -0.25) is 9.69 Å². The predicted octanol–water partition coefficient (Wildman–Crippen LogP) is 2.14. The highest BCUT2D eigenvalue weighted by Crippen LogP contribution is 2.50. The molecular weight excluding hydrogens is 681 g/mol. The Balaban J connectivity index is 1.22. The molecular formula is C35H38FN7O7S. The number of halogens is 1. The molecule has 3 amide bonds. The molecule has 3 aromatic rings. The number of nitrogens with one attached hydrogen (secondary N) is 1. The smallest absolute Gasteiger partial charge is 0.318 e. The Morgan fingerprint density at radius 3 is 2.49 bits per heavy atom. The van der Waals surface area contributed by atoms with Crippen LogP contribution >= 0.6 is 0 Å². The van der Waals surface area contributed by atoms with Crippen molar-refractivity contribution in [2.75, 3.05) is 83.6 Å². The lowest BCUT2D eigenvalue weighted by molar-refractivity contribution is -0.122. The van der Waals surface area contributed by atoms with Crippen LogP contribution in [0.25, 0.3) is 0 Å². The summed E-state index contributed by atoms with van der Waals surface area (Å²) >= 11 is 0. The number of hydrogen-bond acceptors (Lipinski definition) is 11. The lowest BCUT2D eigenvalue weighted by atomic mass is 9.73. The first-order valence-electron chi connectivity index (χ1n) is 16.7. The Labute approximate surface area is 295 Å². The Morgan fingerprint density at radius 2 is 1.80 bits per heavy atom. The number of nitriles is 1. The molecule has 0 bridgehead atoms. The number of pyridine rings is 1. The topological polar surface area (TPSA) is 158 Å². The quantitative estimate of drug-likeness (QED) is 0.328. The number of methoxy groups -OCH3 is 1. The number of nitrogens with zero attached hydrogens (tertiary/aromatic N) is 6. The highest BCUT2D eigenvalue weighted by Gasteiger charge is 2.61. The lowest BCUT2D eigenvalue weighted by Crippen LogP contribution is -2.74. The summed E-state index contributed by atoms with van der Waals surface area (Å²) in [6.07, 6.45) is 1.44. The van der Waals surface area contributed by atoms with Crippen LogP contribution in [-0.4, -0.2) is 119 Å². The van der Waals surface area contributed by atoms with Gasteiger partial charge in [0.1, 0.15) is 16.5 Å². The second-order valence-electron chi connectivity index (χ2n) is 13.2. The van der Waals surface area contributed by atoms with Crippen molar-refractivity contribution in [2.45, 2.75) is 17.4 Å². The number of hydrogen-bond donors (Lipinski definition) is 1. The van der Waals surface area contributed by atoms with Gasteiger partial charge in [0, 0.05) is 75.6 Å². The Kier molecular flexibility index (Phi) is 9.08. The van der Waals surface area contributed by atoms with Gasteiger partial charge in [-0.15, -0.1) is 0 Å². The minimum absolute atomic E-state index is 0.000448. The number of rotatable bonds is 10. The Morgan fingerprint density at radius 1 is 1.06 bits per heavy atom. The number of morpholine rings is 1. The van der Waals surface area contributed by atoms with Crippen LogP contribution in [0.4, 0.5) is 14.9 Å². The fourth-order valence-electron chi connectivity index (χ4n) is 7.51. The molecule has 1 spiro atoms. The monoisotopic (exact) mass is 719 g/mol. The third kappa shape index (κ3) is 5.93. The normalized spacial score (nSPS) is 21.4. The largest absolute Gasteiger partial charge is 0.497 e. The number of fused-ring (bicyclic) bond motifs is 1. The van der Waals surface area contributed by atoms with Gasteiger partial charge in [-0.25, -0.2) is 22.6 Å². The third-order valence-electron chi connectivity index (χ3n) is 9.96. The van der Waals surface area contributed by atoms with Crippen LogP contribution in [0.1, 0.15) is 23.6 Å². The molecule has 268 valence electrons. The van der Waals surface area contributed by atoms with Crippen molar-refractivity contribution in [3.8, 4) is 17.7 Å². The number of amides is 3. The average molecular weight is 720 g/mol. The van der Waals surface area contributed by atoms with Gasteiger partial charge < -0.3 is 29.3 Å². The molecule has 1 atom stereocenters. The van der Waals surface area contributed by atoms with Gasteiger partial charge >= 0.3 is 6.03 Å². The number of ether oxygens (including phenoxy) is 3. The van der Waals surface area contributed by atoms with E-state index >= 15 is 4.39 Å². The van der Waals surface area contributed by atoms with E-state index in [1.165, 1.54) is 49.7 Å². The molecule has 5 heterocycles. The van der Waals surface area contributed by atoms with Crippen LogP contribution in [0, 0.1) is 22.6 Å². The van der Waals surface area contributed by atoms with Crippen LogP contribution in [0.5, 0.6) is 11.6 Å². The van der Waals surface area contributed by atoms with E-state index in [4.69, 9.17) is 14.2 Å². The fraction of sp³-hybridized carbons (Fsp3) is 0.429. The van der Waals surface area contributed by atoms with Crippen molar-refractivity contribution in [1.29, 1.82) is 5.26 Å². The van der Waals surface area contributed by atoms with Crippen LogP contribution in [-0.2, 0) is 25.1 Å². The molecule has 0 radical (unpaired) electrons. The molecule has 7 rings (SSSR count). The highest BCUT2D eigenvalue weighted by atomic mass is 32.2. The number of benzene rings is 2. The van der Waals surface area contributed by atoms with E-state index in [0.29, 0.717) is 17.4 Å². The first kappa shape index (κ1) is 34.6. The second-order valence-corrected chi connectivity index (χ2v) is 15.0. The van der Waals surface area contributed by atoms with E-state index in [1.54, 1.807) is 11.8 Å². The van der Waals surface area contributed by atoms with E-state index in [-0.39, 0.29) is 46.0 Å². The molecule has 16 heteroatoms. The van der Waals surface area contributed by atoms with Crippen molar-refractivity contribution >= 4 is 27.6 Å². The number of carbonyl (C=O) groups excluding carboxylic acids is 2. The van der Waals surface area contributed by atoms with Crippen molar-refractivity contribution in [3.05, 3.63) is 77.2 Å². The van der Waals surface area contributed by atoms with Crippen LogP contribution in [0.3, 0.4) is 0 Å². The van der Waals surface area contributed by atoms with Gasteiger partial charge in [0.2, 0.25) is 5.88 Å². The predicted molar refractivity (Wildman–Crippen MR) is 181 cm³/mol. The first-order valence-corrected chi connectivity index (χ1v) is 18.1. The molecule has 0 saturated carbocycles. The zero-order chi connectivity index (χ0) is 36.0. The summed E-state index contributed by atoms with van der Waals surface area (Å²) in [7, 11) is -3.62. The molecule has 3 saturated heterocycles. The summed E-state index contributed by atoms with van der Waals surface area (Å²) in [5, 5.41) is 12.7. The van der Waals surface area contributed by atoms with Gasteiger partial charge in [-0.1, -0.05) is 0 Å². The number of anilines is 1. The molecule has 0 unspecified atom stereocenters. The third-order valence-corrected chi connectivity index (χ3v) is 11.7. The van der Waals surface area contributed by atoms with Crippen molar-refractivity contribution in [2.24, 2.45) is 5.41 Å². The summed E-state index contributed by atoms with van der Waals surface area (Å²) in [5.41, 5.74) is -2.29. The Bertz CT molecular complexity index is 2010. The summed E-state index contributed by atoms with van der Waals surface area (Å²) in [6, 6.07) is 11.6. The van der Waals surface area contributed by atoms with E-state index in [0.717, 1.165) is 64.6 Å². The maximum Gasteiger partial charge on any atom is 0.318 e. The van der Waals surface area contributed by atoms with Crippen LogP contribution in [0.2, 0.25) is 0 Å². The van der Waals surface area contributed by atoms with E-state index < -0.39 is 38.2 Å². The van der Waals surface area contributed by atoms with Crippen molar-refractivity contribution in [1.82, 2.24) is 25.0 Å².